The minimum Gasteiger partial charge on any atom is -0.369 e. The molecule has 6 heteroatoms. The van der Waals surface area contributed by atoms with Crippen LogP contribution in [-0.4, -0.2) is 48.8 Å². The molecule has 5 nitrogen and oxygen atoms in total. The van der Waals surface area contributed by atoms with Crippen LogP contribution in [0.25, 0.3) is 0 Å². The van der Waals surface area contributed by atoms with E-state index in [0.29, 0.717) is 12.0 Å². The lowest BCUT2D eigenvalue weighted by Crippen LogP contribution is -2.41. The normalized spacial score (nSPS) is 32.2. The number of ether oxygens (including phenoxy) is 1. The maximum Gasteiger partial charge on any atom is 0.138 e. The van der Waals surface area contributed by atoms with E-state index in [4.69, 9.17) is 16.3 Å². The first-order valence-corrected chi connectivity index (χ1v) is 8.40. The maximum atomic E-state index is 6.25. The average molecular weight is 315 g/mol. The van der Waals surface area contributed by atoms with Crippen LogP contribution in [0.4, 0.5) is 0 Å². The Balaban J connectivity index is 1.80. The molecule has 5 unspecified atom stereocenters. The van der Waals surface area contributed by atoms with Gasteiger partial charge in [0.25, 0.3) is 0 Å². The van der Waals surface area contributed by atoms with E-state index in [9.17, 15) is 0 Å². The molecule has 2 N–H and O–H groups in total. The van der Waals surface area contributed by atoms with Crippen molar-refractivity contribution in [3.8, 4) is 0 Å². The molecule has 0 amide bonds. The highest BCUT2D eigenvalue weighted by atomic mass is 35.5. The number of aliphatic imine (C=N–C) groups is 1. The van der Waals surface area contributed by atoms with Crippen molar-refractivity contribution < 1.29 is 4.74 Å². The molecule has 2 heterocycles. The molecule has 0 saturated carbocycles. The van der Waals surface area contributed by atoms with Gasteiger partial charge in [0.15, 0.2) is 0 Å². The zero-order valence-electron chi connectivity index (χ0n) is 13.2. The second-order valence-corrected chi connectivity index (χ2v) is 6.37. The van der Waals surface area contributed by atoms with E-state index >= 15 is 0 Å². The van der Waals surface area contributed by atoms with Gasteiger partial charge in [-0.15, -0.1) is 0 Å². The van der Waals surface area contributed by atoms with Crippen LogP contribution in [0.1, 0.15) is 40.0 Å². The number of rotatable bonds is 7. The van der Waals surface area contributed by atoms with Gasteiger partial charge < -0.3 is 15.5 Å². The van der Waals surface area contributed by atoms with Crippen LogP contribution in [0.2, 0.25) is 0 Å². The van der Waals surface area contributed by atoms with E-state index < -0.39 is 0 Å². The molecule has 0 aromatic carbocycles. The molecule has 0 aliphatic carbocycles. The lowest BCUT2D eigenvalue weighted by molar-refractivity contribution is 0.0915. The predicted molar refractivity (Wildman–Crippen MR) is 88.4 cm³/mol. The Morgan fingerprint density at radius 2 is 2.38 bits per heavy atom. The van der Waals surface area contributed by atoms with Crippen LogP contribution in [0.3, 0.4) is 0 Å². The van der Waals surface area contributed by atoms with Gasteiger partial charge in [-0.2, -0.15) is 5.10 Å². The van der Waals surface area contributed by atoms with Crippen LogP contribution in [-0.2, 0) is 4.74 Å². The molecule has 0 spiro atoms. The fourth-order valence-corrected chi connectivity index (χ4v) is 2.90. The molecular formula is C15H27ClN4O. The fraction of sp³-hybridized carbons (Fsp3) is 0.867. The molecule has 0 aromatic heterocycles. The average Bonchev–Trinajstić information content (AvgIpc) is 3.10. The summed E-state index contributed by atoms with van der Waals surface area (Å²) in [5.74, 6) is 0.377. The van der Waals surface area contributed by atoms with E-state index in [1.165, 1.54) is 0 Å². The number of halogens is 1. The third-order valence-electron chi connectivity index (χ3n) is 4.06. The first-order valence-electron chi connectivity index (χ1n) is 7.96. The molecule has 0 bridgehead atoms. The predicted octanol–water partition coefficient (Wildman–Crippen LogP) is 2.15. The van der Waals surface area contributed by atoms with Crippen LogP contribution in [0, 0.1) is 5.92 Å². The van der Waals surface area contributed by atoms with Crippen LogP contribution in [0.5, 0.6) is 0 Å². The molecular weight excluding hydrogens is 288 g/mol. The molecule has 21 heavy (non-hydrogen) atoms. The summed E-state index contributed by atoms with van der Waals surface area (Å²) in [6.45, 7) is 7.97. The number of nitrogens with one attached hydrogen (secondary N) is 2. The first-order chi connectivity index (χ1) is 10.1. The van der Waals surface area contributed by atoms with E-state index in [1.54, 1.807) is 0 Å². The van der Waals surface area contributed by atoms with Crippen molar-refractivity contribution in [2.45, 2.75) is 63.8 Å². The van der Waals surface area contributed by atoms with Crippen molar-refractivity contribution in [2.24, 2.45) is 16.0 Å². The SMILES string of the molecule is CCC=NC(Cl)C(C)NCC1CNN=C1C1CCC(C)O1. The number of nitrogens with zero attached hydrogens (tertiary/aromatic N) is 2. The highest BCUT2D eigenvalue weighted by Crippen LogP contribution is 2.24. The summed E-state index contributed by atoms with van der Waals surface area (Å²) in [5.41, 5.74) is 4.04. The summed E-state index contributed by atoms with van der Waals surface area (Å²) in [5, 5.41) is 7.92. The Labute approximate surface area is 132 Å². The Kier molecular flexibility index (Phi) is 6.45. The number of hydrogen-bond donors (Lipinski definition) is 2. The molecule has 1 saturated heterocycles. The fourth-order valence-electron chi connectivity index (χ4n) is 2.74. The summed E-state index contributed by atoms with van der Waals surface area (Å²) < 4.78 is 5.93. The number of hydrogen-bond acceptors (Lipinski definition) is 5. The van der Waals surface area contributed by atoms with Crippen LogP contribution in [0.15, 0.2) is 10.1 Å². The zero-order chi connectivity index (χ0) is 15.2. The topological polar surface area (TPSA) is 58.0 Å². The van der Waals surface area contributed by atoms with Crippen molar-refractivity contribution in [1.29, 1.82) is 0 Å². The standard InChI is InChI=1S/C15H27ClN4O/c1-4-7-17-15(16)11(3)18-8-12-9-19-20-14(12)13-6-5-10(2)21-13/h7,10-13,15,18-19H,4-6,8-9H2,1-3H3. The molecule has 120 valence electrons. The van der Waals surface area contributed by atoms with Crippen molar-refractivity contribution in [1.82, 2.24) is 10.7 Å². The van der Waals surface area contributed by atoms with Crippen molar-refractivity contribution in [2.75, 3.05) is 13.1 Å². The van der Waals surface area contributed by atoms with Crippen molar-refractivity contribution in [3.05, 3.63) is 0 Å². The maximum absolute atomic E-state index is 6.25. The lowest BCUT2D eigenvalue weighted by atomic mass is 9.97. The third-order valence-corrected chi connectivity index (χ3v) is 4.55. The van der Waals surface area contributed by atoms with Gasteiger partial charge in [-0.1, -0.05) is 18.5 Å². The Bertz CT molecular complexity index is 388. The van der Waals surface area contributed by atoms with E-state index in [1.807, 2.05) is 6.21 Å². The van der Waals surface area contributed by atoms with Crippen LogP contribution >= 0.6 is 11.6 Å². The second-order valence-electron chi connectivity index (χ2n) is 5.92. The van der Waals surface area contributed by atoms with Gasteiger partial charge in [0.05, 0.1) is 17.9 Å². The Hall–Kier alpha value is -0.650. The molecule has 0 radical (unpaired) electrons. The summed E-state index contributed by atoms with van der Waals surface area (Å²) in [6, 6.07) is 0.139. The number of alkyl halides is 1. The minimum atomic E-state index is -0.220. The van der Waals surface area contributed by atoms with E-state index in [-0.39, 0.29) is 17.6 Å². The molecule has 1 fully saturated rings. The van der Waals surface area contributed by atoms with Crippen molar-refractivity contribution >= 4 is 23.5 Å². The van der Waals surface area contributed by atoms with Gasteiger partial charge >= 0.3 is 0 Å². The largest absolute Gasteiger partial charge is 0.369 e. The Morgan fingerprint density at radius 1 is 1.57 bits per heavy atom. The summed E-state index contributed by atoms with van der Waals surface area (Å²) in [6.07, 6.45) is 5.51. The van der Waals surface area contributed by atoms with Gasteiger partial charge in [-0.05, 0) is 33.1 Å². The monoisotopic (exact) mass is 314 g/mol. The van der Waals surface area contributed by atoms with Gasteiger partial charge in [0, 0.05) is 31.3 Å². The highest BCUT2D eigenvalue weighted by molar-refractivity contribution is 6.21. The summed E-state index contributed by atoms with van der Waals surface area (Å²) >= 11 is 6.25. The molecule has 0 aromatic rings. The smallest absolute Gasteiger partial charge is 0.138 e. The number of hydrazone groups is 1. The molecule has 2 rings (SSSR count). The minimum absolute atomic E-state index is 0.139. The molecule has 2 aliphatic heterocycles. The first kappa shape index (κ1) is 16.7. The second kappa shape index (κ2) is 8.11. The third kappa shape index (κ3) is 4.66. The Morgan fingerprint density at radius 3 is 3.05 bits per heavy atom. The molecule has 5 atom stereocenters. The molecule has 2 aliphatic rings. The lowest BCUT2D eigenvalue weighted by Gasteiger charge is -2.21. The van der Waals surface area contributed by atoms with Gasteiger partial charge in [0.2, 0.25) is 0 Å². The van der Waals surface area contributed by atoms with Gasteiger partial charge in [-0.25, -0.2) is 0 Å². The van der Waals surface area contributed by atoms with Gasteiger partial charge in [-0.3, -0.25) is 4.99 Å². The summed E-state index contributed by atoms with van der Waals surface area (Å²) in [7, 11) is 0. The van der Waals surface area contributed by atoms with Crippen molar-refractivity contribution in [3.63, 3.8) is 0 Å². The van der Waals surface area contributed by atoms with Gasteiger partial charge in [0.1, 0.15) is 5.50 Å². The summed E-state index contributed by atoms with van der Waals surface area (Å²) in [4.78, 5) is 4.30. The highest BCUT2D eigenvalue weighted by Gasteiger charge is 2.34. The van der Waals surface area contributed by atoms with Crippen LogP contribution < -0.4 is 10.7 Å². The van der Waals surface area contributed by atoms with E-state index in [2.05, 4.69) is 41.6 Å². The van der Waals surface area contributed by atoms with E-state index in [0.717, 1.165) is 38.1 Å². The quantitative estimate of drug-likeness (QED) is 0.430. The zero-order valence-corrected chi connectivity index (χ0v) is 13.9.